The predicted molar refractivity (Wildman–Crippen MR) is 79.6 cm³/mol. The summed E-state index contributed by atoms with van der Waals surface area (Å²) in [7, 11) is 0. The smallest absolute Gasteiger partial charge is 0.324 e. The van der Waals surface area contributed by atoms with Crippen LogP contribution in [0.1, 0.15) is 65.7 Å². The maximum absolute atomic E-state index is 11.6. The molecule has 0 aromatic carbocycles. The zero-order valence-electron chi connectivity index (χ0n) is 13.3. The van der Waals surface area contributed by atoms with Gasteiger partial charge in [0.25, 0.3) is 0 Å². The van der Waals surface area contributed by atoms with Gasteiger partial charge in [0.1, 0.15) is 0 Å². The number of rotatable bonds is 11. The van der Waals surface area contributed by atoms with E-state index in [1.54, 1.807) is 0 Å². The van der Waals surface area contributed by atoms with Gasteiger partial charge in [0, 0.05) is 0 Å². The molecule has 5 nitrogen and oxygen atoms in total. The molecule has 0 aliphatic heterocycles. The van der Waals surface area contributed by atoms with Gasteiger partial charge in [0.2, 0.25) is 0 Å². The molecule has 0 aromatic heterocycles. The van der Waals surface area contributed by atoms with Crippen LogP contribution < -0.4 is 0 Å². The number of carbonyl (C=O) groups is 2. The first-order valence-electron chi connectivity index (χ1n) is 7.69. The molecule has 0 saturated heterocycles. The highest BCUT2D eigenvalue weighted by molar-refractivity contribution is 5.86. The van der Waals surface area contributed by atoms with Crippen LogP contribution in [0.4, 0.5) is 0 Å². The molecule has 0 aliphatic rings. The zero-order chi connectivity index (χ0) is 16.5. The van der Waals surface area contributed by atoms with Crippen LogP contribution in [0.3, 0.4) is 0 Å². The Morgan fingerprint density at radius 2 is 1.76 bits per heavy atom. The van der Waals surface area contributed by atoms with Gasteiger partial charge in [-0.2, -0.15) is 5.26 Å². The monoisotopic (exact) mass is 297 g/mol. The van der Waals surface area contributed by atoms with Crippen molar-refractivity contribution in [3.63, 3.8) is 0 Å². The average molecular weight is 297 g/mol. The summed E-state index contributed by atoms with van der Waals surface area (Å²) in [4.78, 5) is 23.1. The third-order valence-electron chi connectivity index (χ3n) is 3.93. The van der Waals surface area contributed by atoms with E-state index >= 15 is 0 Å². The predicted octanol–water partition coefficient (Wildman–Crippen LogP) is 3.69. The summed E-state index contributed by atoms with van der Waals surface area (Å²) in [6.45, 7) is 5.95. The molecule has 0 bridgehead atoms. The van der Waals surface area contributed by atoms with Crippen LogP contribution in [0.15, 0.2) is 0 Å². The molecule has 0 heterocycles. The highest BCUT2D eigenvalue weighted by Crippen LogP contribution is 2.37. The molecule has 0 spiro atoms. The molecule has 0 aromatic rings. The SMILES string of the molecule is CCCCCCC(C#N)(C(=O)O)C(CCC(C)C)C(=O)O. The van der Waals surface area contributed by atoms with E-state index in [-0.39, 0.29) is 18.8 Å². The van der Waals surface area contributed by atoms with Crippen LogP contribution >= 0.6 is 0 Å². The van der Waals surface area contributed by atoms with E-state index in [1.807, 2.05) is 26.8 Å². The molecular formula is C16H27NO4. The molecule has 120 valence electrons. The first-order chi connectivity index (χ1) is 9.81. The van der Waals surface area contributed by atoms with E-state index in [0.717, 1.165) is 19.3 Å². The number of unbranched alkanes of at least 4 members (excludes halogenated alkanes) is 3. The minimum absolute atomic E-state index is 0.105. The number of hydrogen-bond donors (Lipinski definition) is 2. The van der Waals surface area contributed by atoms with Gasteiger partial charge in [0.05, 0.1) is 12.0 Å². The fraction of sp³-hybridized carbons (Fsp3) is 0.812. The summed E-state index contributed by atoms with van der Waals surface area (Å²) in [5, 5.41) is 28.3. The van der Waals surface area contributed by atoms with Crippen molar-refractivity contribution in [3.05, 3.63) is 0 Å². The van der Waals surface area contributed by atoms with Gasteiger partial charge in [-0.1, -0.05) is 52.9 Å². The summed E-state index contributed by atoms with van der Waals surface area (Å²) in [5.74, 6) is -3.37. The molecule has 0 rings (SSSR count). The number of hydrogen-bond acceptors (Lipinski definition) is 3. The summed E-state index contributed by atoms with van der Waals surface area (Å²) >= 11 is 0. The second-order valence-corrected chi connectivity index (χ2v) is 6.06. The molecule has 2 atom stereocenters. The van der Waals surface area contributed by atoms with Crippen molar-refractivity contribution < 1.29 is 19.8 Å². The Labute approximate surface area is 127 Å². The fourth-order valence-electron chi connectivity index (χ4n) is 2.52. The maximum atomic E-state index is 11.6. The Morgan fingerprint density at radius 3 is 2.14 bits per heavy atom. The largest absolute Gasteiger partial charge is 0.481 e. The van der Waals surface area contributed by atoms with Crippen molar-refractivity contribution in [1.29, 1.82) is 5.26 Å². The Bertz CT molecular complexity index is 386. The molecular weight excluding hydrogens is 270 g/mol. The van der Waals surface area contributed by atoms with Gasteiger partial charge in [-0.05, 0) is 18.8 Å². The van der Waals surface area contributed by atoms with Crippen molar-refractivity contribution in [3.8, 4) is 6.07 Å². The van der Waals surface area contributed by atoms with Crippen LogP contribution in [0.2, 0.25) is 0 Å². The highest BCUT2D eigenvalue weighted by Gasteiger charge is 2.49. The maximum Gasteiger partial charge on any atom is 0.324 e. The minimum atomic E-state index is -1.81. The van der Waals surface area contributed by atoms with Crippen molar-refractivity contribution in [2.45, 2.75) is 65.7 Å². The molecule has 2 unspecified atom stereocenters. The second kappa shape index (κ2) is 9.38. The van der Waals surface area contributed by atoms with Crippen LogP contribution in [0.25, 0.3) is 0 Å². The summed E-state index contributed by atoms with van der Waals surface area (Å²) in [5.41, 5.74) is -1.81. The first-order valence-corrected chi connectivity index (χ1v) is 7.69. The first kappa shape index (κ1) is 19.4. The van der Waals surface area contributed by atoms with Gasteiger partial charge in [-0.3, -0.25) is 9.59 Å². The van der Waals surface area contributed by atoms with E-state index in [2.05, 4.69) is 0 Å². The topological polar surface area (TPSA) is 98.4 Å². The molecule has 0 fully saturated rings. The number of carboxylic acid groups (broad SMARTS) is 2. The average Bonchev–Trinajstić information content (AvgIpc) is 2.40. The second-order valence-electron chi connectivity index (χ2n) is 6.06. The summed E-state index contributed by atoms with van der Waals surface area (Å²) < 4.78 is 0. The molecule has 0 saturated carbocycles. The van der Waals surface area contributed by atoms with Crippen LogP contribution in [0, 0.1) is 28.6 Å². The third kappa shape index (κ3) is 5.74. The molecule has 5 heteroatoms. The number of nitriles is 1. The zero-order valence-corrected chi connectivity index (χ0v) is 13.3. The normalized spacial score (nSPS) is 15.2. The molecule has 0 aliphatic carbocycles. The Balaban J connectivity index is 5.17. The van der Waals surface area contributed by atoms with E-state index in [1.165, 1.54) is 0 Å². The van der Waals surface area contributed by atoms with Crippen LogP contribution in [0.5, 0.6) is 0 Å². The van der Waals surface area contributed by atoms with Gasteiger partial charge in [-0.25, -0.2) is 0 Å². The third-order valence-corrected chi connectivity index (χ3v) is 3.93. The van der Waals surface area contributed by atoms with E-state index in [9.17, 15) is 25.1 Å². The van der Waals surface area contributed by atoms with Crippen LogP contribution in [-0.4, -0.2) is 22.2 Å². The van der Waals surface area contributed by atoms with Gasteiger partial charge in [0.15, 0.2) is 5.41 Å². The van der Waals surface area contributed by atoms with Crippen molar-refractivity contribution in [2.75, 3.05) is 0 Å². The molecule has 21 heavy (non-hydrogen) atoms. The Kier molecular flexibility index (Phi) is 8.68. The van der Waals surface area contributed by atoms with Crippen molar-refractivity contribution in [1.82, 2.24) is 0 Å². The lowest BCUT2D eigenvalue weighted by Crippen LogP contribution is -2.42. The van der Waals surface area contributed by atoms with Crippen LogP contribution in [-0.2, 0) is 9.59 Å². The lowest BCUT2D eigenvalue weighted by molar-refractivity contribution is -0.159. The number of aliphatic carboxylic acids is 2. The molecule has 2 N–H and O–H groups in total. The van der Waals surface area contributed by atoms with Gasteiger partial charge < -0.3 is 10.2 Å². The lowest BCUT2D eigenvalue weighted by atomic mass is 9.70. The Hall–Kier alpha value is -1.57. The standard InChI is InChI=1S/C16H27NO4/c1-4-5-6-7-10-16(11-17,15(20)21)13(14(18)19)9-8-12(2)3/h12-13H,4-10H2,1-3H3,(H,18,19)(H,20,21). The van der Waals surface area contributed by atoms with Crippen molar-refractivity contribution >= 4 is 11.9 Å². The van der Waals surface area contributed by atoms with Crippen molar-refractivity contribution in [2.24, 2.45) is 17.3 Å². The Morgan fingerprint density at radius 1 is 1.14 bits per heavy atom. The number of nitrogens with zero attached hydrogens (tertiary/aromatic N) is 1. The molecule has 0 radical (unpaired) electrons. The van der Waals surface area contributed by atoms with E-state index in [0.29, 0.717) is 12.8 Å². The minimum Gasteiger partial charge on any atom is -0.481 e. The quantitative estimate of drug-likeness (QED) is 0.567. The fourth-order valence-corrected chi connectivity index (χ4v) is 2.52. The summed E-state index contributed by atoms with van der Waals surface area (Å²) in [6, 6.07) is 1.82. The summed E-state index contributed by atoms with van der Waals surface area (Å²) in [6.07, 6.45) is 4.28. The lowest BCUT2D eigenvalue weighted by Gasteiger charge is -2.29. The van der Waals surface area contributed by atoms with Gasteiger partial charge >= 0.3 is 11.9 Å². The van der Waals surface area contributed by atoms with Gasteiger partial charge in [-0.15, -0.1) is 0 Å². The number of carboxylic acids is 2. The van der Waals surface area contributed by atoms with E-state index < -0.39 is 23.3 Å². The highest BCUT2D eigenvalue weighted by atomic mass is 16.4. The van der Waals surface area contributed by atoms with E-state index in [4.69, 9.17) is 0 Å². The molecule has 0 amide bonds.